The number of pyridine rings is 1. The normalized spacial score (nSPS) is 10.9. The standard InChI is InChI=1S/C15H12BrN3O3/c1-22-11-6-8(7-20)5-10-13(11)15(21)19-14(18-10)9-3-2-4-12(16)17-9/h2-6,20H,7H2,1H3,(H,18,19,21). The van der Waals surface area contributed by atoms with Crippen molar-refractivity contribution >= 4 is 26.8 Å². The SMILES string of the molecule is COc1cc(CO)cc2nc(-c3cccc(Br)n3)[nH]c(=O)c12. The largest absolute Gasteiger partial charge is 0.496 e. The van der Waals surface area contributed by atoms with Crippen molar-refractivity contribution in [2.24, 2.45) is 0 Å². The second-order valence-electron chi connectivity index (χ2n) is 4.61. The van der Waals surface area contributed by atoms with Gasteiger partial charge < -0.3 is 14.8 Å². The van der Waals surface area contributed by atoms with Crippen molar-refractivity contribution in [1.82, 2.24) is 15.0 Å². The summed E-state index contributed by atoms with van der Waals surface area (Å²) in [4.78, 5) is 23.8. The molecule has 112 valence electrons. The molecule has 0 atom stereocenters. The van der Waals surface area contributed by atoms with E-state index in [4.69, 9.17) is 4.74 Å². The lowest BCUT2D eigenvalue weighted by atomic mass is 10.1. The fraction of sp³-hybridized carbons (Fsp3) is 0.133. The maximum Gasteiger partial charge on any atom is 0.262 e. The van der Waals surface area contributed by atoms with Crippen LogP contribution in [0.4, 0.5) is 0 Å². The van der Waals surface area contributed by atoms with E-state index in [1.807, 2.05) is 0 Å². The third-order valence-corrected chi connectivity index (χ3v) is 3.63. The van der Waals surface area contributed by atoms with E-state index < -0.39 is 0 Å². The first-order chi connectivity index (χ1) is 10.6. The van der Waals surface area contributed by atoms with Gasteiger partial charge in [-0.25, -0.2) is 9.97 Å². The molecule has 2 N–H and O–H groups in total. The van der Waals surface area contributed by atoms with E-state index in [9.17, 15) is 9.90 Å². The Balaban J connectivity index is 2.30. The van der Waals surface area contributed by atoms with Crippen molar-refractivity contribution in [2.45, 2.75) is 6.61 Å². The molecule has 6 nitrogen and oxygen atoms in total. The van der Waals surface area contributed by atoms with E-state index in [0.29, 0.717) is 38.3 Å². The van der Waals surface area contributed by atoms with Crippen molar-refractivity contribution in [3.8, 4) is 17.3 Å². The number of hydrogen-bond donors (Lipinski definition) is 2. The Morgan fingerprint density at radius 2 is 2.14 bits per heavy atom. The van der Waals surface area contributed by atoms with Crippen LogP contribution in [0.15, 0.2) is 39.7 Å². The zero-order chi connectivity index (χ0) is 15.7. The Kier molecular flexibility index (Phi) is 3.91. The lowest BCUT2D eigenvalue weighted by Crippen LogP contribution is -2.11. The molecule has 0 bridgehead atoms. The zero-order valence-electron chi connectivity index (χ0n) is 11.6. The van der Waals surface area contributed by atoms with Crippen LogP contribution in [0.1, 0.15) is 5.56 Å². The van der Waals surface area contributed by atoms with Crippen LogP contribution in [-0.2, 0) is 6.61 Å². The van der Waals surface area contributed by atoms with Crippen LogP contribution in [0.2, 0.25) is 0 Å². The minimum Gasteiger partial charge on any atom is -0.496 e. The predicted octanol–water partition coefficient (Wildman–Crippen LogP) is 2.25. The van der Waals surface area contributed by atoms with Crippen LogP contribution in [0.25, 0.3) is 22.4 Å². The monoisotopic (exact) mass is 361 g/mol. The summed E-state index contributed by atoms with van der Waals surface area (Å²) in [5.74, 6) is 0.736. The Labute approximate surface area is 133 Å². The van der Waals surface area contributed by atoms with E-state index in [2.05, 4.69) is 30.9 Å². The van der Waals surface area contributed by atoms with Crippen LogP contribution in [-0.4, -0.2) is 27.2 Å². The number of benzene rings is 1. The van der Waals surface area contributed by atoms with E-state index in [1.165, 1.54) is 7.11 Å². The molecule has 0 aliphatic rings. The summed E-state index contributed by atoms with van der Waals surface area (Å²) in [5, 5.41) is 9.67. The third kappa shape index (κ3) is 2.60. The number of nitrogens with one attached hydrogen (secondary N) is 1. The molecular formula is C15H12BrN3O3. The van der Waals surface area contributed by atoms with Gasteiger partial charge in [-0.2, -0.15) is 0 Å². The average Bonchev–Trinajstić information content (AvgIpc) is 2.53. The van der Waals surface area contributed by atoms with Gasteiger partial charge in [-0.1, -0.05) is 6.07 Å². The minimum atomic E-state index is -0.317. The number of aromatic amines is 1. The van der Waals surface area contributed by atoms with Crippen LogP contribution >= 0.6 is 15.9 Å². The molecule has 1 aromatic carbocycles. The van der Waals surface area contributed by atoms with Crippen molar-refractivity contribution in [2.75, 3.05) is 7.11 Å². The predicted molar refractivity (Wildman–Crippen MR) is 85.8 cm³/mol. The van der Waals surface area contributed by atoms with Gasteiger partial charge in [0.25, 0.3) is 5.56 Å². The van der Waals surface area contributed by atoms with Crippen LogP contribution in [0.3, 0.4) is 0 Å². The average molecular weight is 362 g/mol. The maximum atomic E-state index is 12.4. The van der Waals surface area contributed by atoms with Crippen LogP contribution in [0.5, 0.6) is 5.75 Å². The molecule has 0 aliphatic carbocycles. The second-order valence-corrected chi connectivity index (χ2v) is 5.42. The summed E-state index contributed by atoms with van der Waals surface area (Å²) in [6.07, 6.45) is 0. The molecular weight excluding hydrogens is 350 g/mol. The highest BCUT2D eigenvalue weighted by Gasteiger charge is 2.13. The number of H-pyrrole nitrogens is 1. The summed E-state index contributed by atoms with van der Waals surface area (Å²) in [6, 6.07) is 8.63. The van der Waals surface area contributed by atoms with Gasteiger partial charge in [0.1, 0.15) is 21.4 Å². The molecule has 0 spiro atoms. The quantitative estimate of drug-likeness (QED) is 0.698. The first-order valence-corrected chi connectivity index (χ1v) is 7.26. The number of ether oxygens (including phenoxy) is 1. The highest BCUT2D eigenvalue weighted by Crippen LogP contribution is 2.25. The van der Waals surface area contributed by atoms with Gasteiger partial charge in [-0.3, -0.25) is 4.79 Å². The summed E-state index contributed by atoms with van der Waals surface area (Å²) in [7, 11) is 1.47. The Morgan fingerprint density at radius 3 is 2.82 bits per heavy atom. The number of nitrogens with zero attached hydrogens (tertiary/aromatic N) is 2. The van der Waals surface area contributed by atoms with Crippen molar-refractivity contribution < 1.29 is 9.84 Å². The highest BCUT2D eigenvalue weighted by molar-refractivity contribution is 9.10. The number of fused-ring (bicyclic) bond motifs is 1. The lowest BCUT2D eigenvalue weighted by Gasteiger charge is -2.08. The Morgan fingerprint density at radius 1 is 1.32 bits per heavy atom. The number of aliphatic hydroxyl groups is 1. The van der Waals surface area contributed by atoms with Gasteiger partial charge in [-0.15, -0.1) is 0 Å². The molecule has 0 aliphatic heterocycles. The molecule has 0 fully saturated rings. The van der Waals surface area contributed by atoms with Gasteiger partial charge in [0, 0.05) is 0 Å². The van der Waals surface area contributed by atoms with Crippen LogP contribution < -0.4 is 10.3 Å². The minimum absolute atomic E-state index is 0.161. The summed E-state index contributed by atoms with van der Waals surface area (Å²) >= 11 is 3.29. The molecule has 0 amide bonds. The third-order valence-electron chi connectivity index (χ3n) is 3.19. The molecule has 0 saturated carbocycles. The van der Waals surface area contributed by atoms with Gasteiger partial charge in [0.15, 0.2) is 5.82 Å². The molecule has 0 unspecified atom stereocenters. The Hall–Kier alpha value is -2.25. The van der Waals surface area contributed by atoms with Crippen molar-refractivity contribution in [3.05, 3.63) is 50.9 Å². The summed E-state index contributed by atoms with van der Waals surface area (Å²) in [6.45, 7) is -0.161. The molecule has 3 rings (SSSR count). The smallest absolute Gasteiger partial charge is 0.262 e. The topological polar surface area (TPSA) is 88.1 Å². The van der Waals surface area contributed by atoms with E-state index in [1.54, 1.807) is 30.3 Å². The fourth-order valence-electron chi connectivity index (χ4n) is 2.20. The number of methoxy groups -OCH3 is 1. The van der Waals surface area contributed by atoms with E-state index in [0.717, 1.165) is 0 Å². The van der Waals surface area contributed by atoms with Gasteiger partial charge in [-0.05, 0) is 45.8 Å². The van der Waals surface area contributed by atoms with Gasteiger partial charge in [0.05, 0.1) is 19.2 Å². The van der Waals surface area contributed by atoms with Crippen molar-refractivity contribution in [3.63, 3.8) is 0 Å². The highest BCUT2D eigenvalue weighted by atomic mass is 79.9. The van der Waals surface area contributed by atoms with Gasteiger partial charge >= 0.3 is 0 Å². The number of halogens is 1. The number of rotatable bonds is 3. The Bertz CT molecular complexity index is 908. The fourth-order valence-corrected chi connectivity index (χ4v) is 2.55. The molecule has 2 heterocycles. The van der Waals surface area contributed by atoms with E-state index in [-0.39, 0.29) is 12.2 Å². The number of aromatic nitrogens is 3. The molecule has 22 heavy (non-hydrogen) atoms. The first kappa shape index (κ1) is 14.7. The lowest BCUT2D eigenvalue weighted by molar-refractivity contribution is 0.281. The second kappa shape index (κ2) is 5.86. The molecule has 2 aromatic heterocycles. The maximum absolute atomic E-state index is 12.4. The number of hydrogen-bond acceptors (Lipinski definition) is 5. The summed E-state index contributed by atoms with van der Waals surface area (Å²) in [5.41, 5.74) is 1.30. The van der Waals surface area contributed by atoms with Crippen LogP contribution in [0, 0.1) is 0 Å². The van der Waals surface area contributed by atoms with Gasteiger partial charge in [0.2, 0.25) is 0 Å². The molecule has 3 aromatic rings. The first-order valence-electron chi connectivity index (χ1n) is 6.47. The molecule has 7 heteroatoms. The molecule has 0 radical (unpaired) electrons. The number of aliphatic hydroxyl groups excluding tert-OH is 1. The summed E-state index contributed by atoms with van der Waals surface area (Å²) < 4.78 is 5.87. The zero-order valence-corrected chi connectivity index (χ0v) is 13.2. The van der Waals surface area contributed by atoms with E-state index >= 15 is 0 Å². The van der Waals surface area contributed by atoms with Crippen molar-refractivity contribution in [1.29, 1.82) is 0 Å². The molecule has 0 saturated heterocycles.